The summed E-state index contributed by atoms with van der Waals surface area (Å²) in [5, 5.41) is 5.60. The number of fused-ring (bicyclic) bond motifs is 1. The van der Waals surface area contributed by atoms with Gasteiger partial charge in [-0.3, -0.25) is 4.79 Å². The monoisotopic (exact) mass is 331 g/mol. The molecular weight excluding hydrogens is 306 g/mol. The number of rotatable bonds is 5. The number of carbonyl (C=O) groups is 1. The second-order valence-corrected chi connectivity index (χ2v) is 6.79. The second-order valence-electron chi connectivity index (χ2n) is 6.79. The van der Waals surface area contributed by atoms with Gasteiger partial charge < -0.3 is 5.32 Å². The van der Waals surface area contributed by atoms with Crippen LogP contribution in [0.1, 0.15) is 41.6 Å². The van der Waals surface area contributed by atoms with Crippen molar-refractivity contribution in [2.24, 2.45) is 0 Å². The Morgan fingerprint density at radius 1 is 1.00 bits per heavy atom. The standard InChI is InChI=1S/C23H25NO/c1-16-11-13-21(17(2)15-16)18(3)24-23(25)14-12-20-9-6-8-19-7-4-5-10-22(19)20/h4-11,13,15,18H,12,14H2,1-3H3,(H,24,25)/t18-/m0/s1. The van der Waals surface area contributed by atoms with Crippen molar-refractivity contribution >= 4 is 16.7 Å². The number of amides is 1. The van der Waals surface area contributed by atoms with Crippen molar-refractivity contribution in [3.63, 3.8) is 0 Å². The third kappa shape index (κ3) is 4.08. The fourth-order valence-electron chi connectivity index (χ4n) is 3.46. The van der Waals surface area contributed by atoms with Crippen molar-refractivity contribution in [3.05, 3.63) is 82.9 Å². The molecule has 0 aliphatic rings. The molecule has 0 unspecified atom stereocenters. The van der Waals surface area contributed by atoms with E-state index in [1.807, 2.05) is 19.1 Å². The van der Waals surface area contributed by atoms with Crippen LogP contribution in [0.15, 0.2) is 60.7 Å². The summed E-state index contributed by atoms with van der Waals surface area (Å²) < 4.78 is 0. The summed E-state index contributed by atoms with van der Waals surface area (Å²) in [6.45, 7) is 6.23. The van der Waals surface area contributed by atoms with E-state index in [0.29, 0.717) is 6.42 Å². The predicted molar refractivity (Wildman–Crippen MR) is 105 cm³/mol. The van der Waals surface area contributed by atoms with Crippen LogP contribution < -0.4 is 5.32 Å². The third-order valence-corrected chi connectivity index (χ3v) is 4.77. The van der Waals surface area contributed by atoms with E-state index in [2.05, 4.69) is 67.7 Å². The first-order valence-corrected chi connectivity index (χ1v) is 8.88. The number of carbonyl (C=O) groups excluding carboxylic acids is 1. The van der Waals surface area contributed by atoms with Crippen molar-refractivity contribution in [1.29, 1.82) is 0 Å². The van der Waals surface area contributed by atoms with Crippen LogP contribution in [0.25, 0.3) is 10.8 Å². The molecular formula is C23H25NO. The van der Waals surface area contributed by atoms with Gasteiger partial charge in [0.15, 0.2) is 0 Å². The summed E-state index contributed by atoms with van der Waals surface area (Å²) in [7, 11) is 0. The lowest BCUT2D eigenvalue weighted by Crippen LogP contribution is -2.27. The smallest absolute Gasteiger partial charge is 0.220 e. The summed E-state index contributed by atoms with van der Waals surface area (Å²) in [4.78, 5) is 12.4. The Kier molecular flexibility index (Phi) is 5.18. The van der Waals surface area contributed by atoms with Crippen LogP contribution in [0.5, 0.6) is 0 Å². The topological polar surface area (TPSA) is 29.1 Å². The van der Waals surface area contributed by atoms with Crippen LogP contribution in [-0.4, -0.2) is 5.91 Å². The summed E-state index contributed by atoms with van der Waals surface area (Å²) in [5.41, 5.74) is 4.88. The van der Waals surface area contributed by atoms with E-state index in [9.17, 15) is 4.79 Å². The largest absolute Gasteiger partial charge is 0.350 e. The lowest BCUT2D eigenvalue weighted by molar-refractivity contribution is -0.121. The lowest BCUT2D eigenvalue weighted by Gasteiger charge is -2.17. The number of aryl methyl sites for hydroxylation is 3. The molecule has 0 aromatic heterocycles. The molecule has 3 aromatic rings. The van der Waals surface area contributed by atoms with Crippen molar-refractivity contribution < 1.29 is 4.79 Å². The van der Waals surface area contributed by atoms with Crippen molar-refractivity contribution in [2.45, 2.75) is 39.7 Å². The molecule has 3 aromatic carbocycles. The van der Waals surface area contributed by atoms with Gasteiger partial charge in [-0.2, -0.15) is 0 Å². The molecule has 1 atom stereocenters. The van der Waals surface area contributed by atoms with E-state index in [-0.39, 0.29) is 11.9 Å². The average Bonchev–Trinajstić information content (AvgIpc) is 2.59. The minimum Gasteiger partial charge on any atom is -0.350 e. The van der Waals surface area contributed by atoms with Gasteiger partial charge in [0.25, 0.3) is 0 Å². The second kappa shape index (κ2) is 7.52. The van der Waals surface area contributed by atoms with Crippen molar-refractivity contribution in [1.82, 2.24) is 5.32 Å². The van der Waals surface area contributed by atoms with Gasteiger partial charge in [-0.25, -0.2) is 0 Å². The Morgan fingerprint density at radius 2 is 1.76 bits per heavy atom. The van der Waals surface area contributed by atoms with Gasteiger partial charge >= 0.3 is 0 Å². The van der Waals surface area contributed by atoms with E-state index >= 15 is 0 Å². The zero-order valence-electron chi connectivity index (χ0n) is 15.2. The number of benzene rings is 3. The van der Waals surface area contributed by atoms with Crippen LogP contribution in [0, 0.1) is 13.8 Å². The Morgan fingerprint density at radius 3 is 2.56 bits per heavy atom. The first-order chi connectivity index (χ1) is 12.0. The van der Waals surface area contributed by atoms with Crippen LogP contribution >= 0.6 is 0 Å². The Balaban J connectivity index is 1.64. The Hall–Kier alpha value is -2.61. The fourth-order valence-corrected chi connectivity index (χ4v) is 3.46. The normalized spacial score (nSPS) is 12.1. The molecule has 0 saturated carbocycles. The fraction of sp³-hybridized carbons (Fsp3) is 0.261. The average molecular weight is 331 g/mol. The van der Waals surface area contributed by atoms with Crippen molar-refractivity contribution in [3.8, 4) is 0 Å². The molecule has 0 bridgehead atoms. The Bertz CT molecular complexity index is 892. The molecule has 1 N–H and O–H groups in total. The molecule has 3 rings (SSSR count). The highest BCUT2D eigenvalue weighted by atomic mass is 16.1. The molecule has 128 valence electrons. The molecule has 1 amide bonds. The number of hydrogen-bond donors (Lipinski definition) is 1. The molecule has 0 aliphatic heterocycles. The zero-order chi connectivity index (χ0) is 17.8. The van der Waals surface area contributed by atoms with Crippen LogP contribution in [0.4, 0.5) is 0 Å². The maximum atomic E-state index is 12.4. The lowest BCUT2D eigenvalue weighted by atomic mass is 9.99. The number of hydrogen-bond acceptors (Lipinski definition) is 1. The predicted octanol–water partition coefficient (Wildman–Crippen LogP) is 5.27. The summed E-state index contributed by atoms with van der Waals surface area (Å²) >= 11 is 0. The van der Waals surface area contributed by atoms with Gasteiger partial charge in [0, 0.05) is 6.42 Å². The summed E-state index contributed by atoms with van der Waals surface area (Å²) in [6.07, 6.45) is 1.26. The molecule has 0 aliphatic carbocycles. The van der Waals surface area contributed by atoms with E-state index in [1.165, 1.54) is 33.0 Å². The van der Waals surface area contributed by atoms with Gasteiger partial charge in [-0.15, -0.1) is 0 Å². The third-order valence-electron chi connectivity index (χ3n) is 4.77. The van der Waals surface area contributed by atoms with Gasteiger partial charge in [0.05, 0.1) is 6.04 Å². The number of nitrogens with one attached hydrogen (secondary N) is 1. The molecule has 2 nitrogen and oxygen atoms in total. The summed E-state index contributed by atoms with van der Waals surface area (Å²) in [6, 6.07) is 21.0. The Labute approximate surface area is 149 Å². The molecule has 0 fully saturated rings. The van der Waals surface area contributed by atoms with Crippen LogP contribution in [0.2, 0.25) is 0 Å². The van der Waals surface area contributed by atoms with Gasteiger partial charge in [0.2, 0.25) is 5.91 Å². The molecule has 25 heavy (non-hydrogen) atoms. The highest BCUT2D eigenvalue weighted by Crippen LogP contribution is 2.21. The molecule has 0 saturated heterocycles. The van der Waals surface area contributed by atoms with Gasteiger partial charge in [0.1, 0.15) is 0 Å². The van der Waals surface area contributed by atoms with Crippen LogP contribution in [0.3, 0.4) is 0 Å². The van der Waals surface area contributed by atoms with Gasteiger partial charge in [-0.1, -0.05) is 66.2 Å². The first kappa shape index (κ1) is 17.2. The SMILES string of the molecule is Cc1ccc([C@H](C)NC(=O)CCc2cccc3ccccc23)c(C)c1. The molecule has 0 radical (unpaired) electrons. The maximum Gasteiger partial charge on any atom is 0.220 e. The zero-order valence-corrected chi connectivity index (χ0v) is 15.2. The quantitative estimate of drug-likeness (QED) is 0.678. The van der Waals surface area contributed by atoms with E-state index in [4.69, 9.17) is 0 Å². The van der Waals surface area contributed by atoms with Gasteiger partial charge in [-0.05, 0) is 54.7 Å². The minimum atomic E-state index is 0.0283. The van der Waals surface area contributed by atoms with E-state index in [0.717, 1.165) is 6.42 Å². The first-order valence-electron chi connectivity index (χ1n) is 8.88. The van der Waals surface area contributed by atoms with Crippen LogP contribution in [-0.2, 0) is 11.2 Å². The van der Waals surface area contributed by atoms with E-state index in [1.54, 1.807) is 0 Å². The maximum absolute atomic E-state index is 12.4. The van der Waals surface area contributed by atoms with E-state index < -0.39 is 0 Å². The molecule has 2 heteroatoms. The molecule has 0 spiro atoms. The highest BCUT2D eigenvalue weighted by Gasteiger charge is 2.12. The minimum absolute atomic E-state index is 0.0283. The van der Waals surface area contributed by atoms with Crippen molar-refractivity contribution in [2.75, 3.05) is 0 Å². The highest BCUT2D eigenvalue weighted by molar-refractivity contribution is 5.86. The summed E-state index contributed by atoms with van der Waals surface area (Å²) in [5.74, 6) is 0.0976. The molecule has 0 heterocycles.